The maximum Gasteiger partial charge on any atom is 0.190 e. The summed E-state index contributed by atoms with van der Waals surface area (Å²) < 4.78 is 0. The highest BCUT2D eigenvalue weighted by molar-refractivity contribution is 7.09. The Bertz CT molecular complexity index is 1200. The van der Waals surface area contributed by atoms with Crippen molar-refractivity contribution in [2.45, 2.75) is 6.55 Å². The van der Waals surface area contributed by atoms with Gasteiger partial charge in [-0.05, 0) is 39.6 Å². The lowest BCUT2D eigenvalue weighted by molar-refractivity contribution is 1.34. The highest BCUT2D eigenvalue weighted by atomic mass is 28.3. The molecule has 0 aliphatic carbocycles. The molecule has 154 valence electrons. The van der Waals surface area contributed by atoms with E-state index in [1.807, 2.05) is 24.5 Å². The summed E-state index contributed by atoms with van der Waals surface area (Å²) >= 11 is 0. The van der Waals surface area contributed by atoms with Crippen LogP contribution in [0.25, 0.3) is 22.3 Å². The van der Waals surface area contributed by atoms with Crippen LogP contribution in [0.3, 0.4) is 0 Å². The van der Waals surface area contributed by atoms with Gasteiger partial charge in [-0.15, -0.1) is 0 Å². The smallest absolute Gasteiger partial charge is 0.190 e. The summed E-state index contributed by atoms with van der Waals surface area (Å²) in [5.74, 6) is 0. The van der Waals surface area contributed by atoms with Crippen molar-refractivity contribution in [1.82, 2.24) is 9.97 Å². The zero-order valence-electron chi connectivity index (χ0n) is 18.0. The molecule has 0 radical (unpaired) electrons. The molecule has 32 heavy (non-hydrogen) atoms. The fourth-order valence-electron chi connectivity index (χ4n) is 4.18. The molecule has 5 rings (SSSR count). The minimum absolute atomic E-state index is 1.11. The summed E-state index contributed by atoms with van der Waals surface area (Å²) in [6.45, 7) is 2.34. The molecule has 0 unspecified atom stereocenters. The molecule has 0 atom stereocenters. The van der Waals surface area contributed by atoms with Crippen LogP contribution in [-0.4, -0.2) is 18.0 Å². The average Bonchev–Trinajstić information content (AvgIpc) is 2.90. The van der Waals surface area contributed by atoms with E-state index in [1.54, 1.807) is 0 Å². The van der Waals surface area contributed by atoms with E-state index in [0.29, 0.717) is 0 Å². The Kier molecular flexibility index (Phi) is 5.49. The van der Waals surface area contributed by atoms with E-state index in [9.17, 15) is 0 Å². The third-order valence-corrected chi connectivity index (χ3v) is 10.2. The largest absolute Gasteiger partial charge is 0.265 e. The fourth-order valence-corrected chi connectivity index (χ4v) is 7.37. The molecule has 2 heterocycles. The number of pyridine rings is 2. The molecule has 0 fully saturated rings. The second-order valence-corrected chi connectivity index (χ2v) is 11.9. The predicted molar refractivity (Wildman–Crippen MR) is 136 cm³/mol. The summed E-state index contributed by atoms with van der Waals surface area (Å²) in [6.07, 6.45) is 3.99. The molecule has 3 heteroatoms. The van der Waals surface area contributed by atoms with Gasteiger partial charge < -0.3 is 0 Å². The van der Waals surface area contributed by atoms with E-state index in [0.717, 1.165) is 21.8 Å². The Morgan fingerprint density at radius 1 is 0.438 bits per heavy atom. The van der Waals surface area contributed by atoms with Crippen LogP contribution < -0.4 is 15.8 Å². The van der Waals surface area contributed by atoms with Gasteiger partial charge in [0.05, 0.1) is 0 Å². The SMILES string of the molecule is C[Si](c1ccccc1)(c1ccc(-c2ccccc2)cn1)c1ccc(-c2ccccc2)cn1. The van der Waals surface area contributed by atoms with Crippen LogP contribution in [0.1, 0.15) is 0 Å². The van der Waals surface area contributed by atoms with E-state index >= 15 is 0 Å². The predicted octanol–water partition coefficient (Wildman–Crippen LogP) is 4.91. The quantitative estimate of drug-likeness (QED) is 0.372. The Morgan fingerprint density at radius 2 is 0.844 bits per heavy atom. The van der Waals surface area contributed by atoms with Crippen LogP contribution in [0.15, 0.2) is 128 Å². The van der Waals surface area contributed by atoms with Gasteiger partial charge in [0.25, 0.3) is 0 Å². The molecule has 0 saturated carbocycles. The van der Waals surface area contributed by atoms with Gasteiger partial charge in [0.1, 0.15) is 0 Å². The first-order valence-corrected chi connectivity index (χ1v) is 13.3. The standard InChI is InChI=1S/C29H24N2Si/c1-32(27-15-9-4-10-16-27,28-19-17-25(21-30-28)23-11-5-2-6-12-23)29-20-18-26(22-31-29)24-13-7-3-8-14-24/h2-22H,1H3. The van der Waals surface area contributed by atoms with Crippen molar-refractivity contribution in [1.29, 1.82) is 0 Å². The third kappa shape index (κ3) is 3.79. The van der Waals surface area contributed by atoms with Crippen LogP contribution in [0.4, 0.5) is 0 Å². The highest BCUT2D eigenvalue weighted by Gasteiger charge is 2.37. The van der Waals surface area contributed by atoms with E-state index in [-0.39, 0.29) is 0 Å². The van der Waals surface area contributed by atoms with E-state index in [2.05, 4.69) is 110 Å². The zero-order valence-corrected chi connectivity index (χ0v) is 19.0. The van der Waals surface area contributed by atoms with Crippen molar-refractivity contribution >= 4 is 23.9 Å². The molecule has 0 N–H and O–H groups in total. The van der Waals surface area contributed by atoms with Crippen molar-refractivity contribution in [3.63, 3.8) is 0 Å². The Hall–Kier alpha value is -3.82. The molecule has 0 bridgehead atoms. The number of hydrogen-bond acceptors (Lipinski definition) is 2. The van der Waals surface area contributed by atoms with Crippen LogP contribution >= 0.6 is 0 Å². The minimum atomic E-state index is -2.35. The summed E-state index contributed by atoms with van der Waals surface area (Å²) in [7, 11) is -2.35. The average molecular weight is 429 g/mol. The first-order chi connectivity index (χ1) is 15.7. The molecular weight excluding hydrogens is 404 g/mol. The Balaban J connectivity index is 1.58. The number of nitrogens with zero attached hydrogens (tertiary/aromatic N) is 2. The van der Waals surface area contributed by atoms with Crippen molar-refractivity contribution < 1.29 is 0 Å². The topological polar surface area (TPSA) is 25.8 Å². The molecule has 0 aliphatic heterocycles. The van der Waals surface area contributed by atoms with E-state index in [4.69, 9.17) is 9.97 Å². The van der Waals surface area contributed by atoms with Gasteiger partial charge >= 0.3 is 0 Å². The van der Waals surface area contributed by atoms with Crippen LogP contribution in [0, 0.1) is 0 Å². The van der Waals surface area contributed by atoms with Crippen LogP contribution in [0.2, 0.25) is 6.55 Å². The number of aromatic nitrogens is 2. The van der Waals surface area contributed by atoms with Gasteiger partial charge in [-0.3, -0.25) is 9.97 Å². The van der Waals surface area contributed by atoms with Crippen molar-refractivity contribution in [3.05, 3.63) is 128 Å². The van der Waals surface area contributed by atoms with Gasteiger partial charge in [0, 0.05) is 23.0 Å². The maximum absolute atomic E-state index is 4.98. The normalized spacial score (nSPS) is 11.3. The molecule has 3 aromatic carbocycles. The van der Waals surface area contributed by atoms with Gasteiger partial charge in [-0.25, -0.2) is 0 Å². The summed E-state index contributed by atoms with van der Waals surface area (Å²) in [4.78, 5) is 9.96. The molecule has 0 aliphatic rings. The van der Waals surface area contributed by atoms with Crippen molar-refractivity contribution in [2.24, 2.45) is 0 Å². The Labute approximate surface area is 190 Å². The first kappa shape index (κ1) is 20.1. The number of hydrogen-bond donors (Lipinski definition) is 0. The lowest BCUT2D eigenvalue weighted by atomic mass is 10.1. The first-order valence-electron chi connectivity index (χ1n) is 10.8. The molecule has 0 amide bonds. The maximum atomic E-state index is 4.98. The van der Waals surface area contributed by atoms with Gasteiger partial charge in [0.15, 0.2) is 8.07 Å². The monoisotopic (exact) mass is 428 g/mol. The van der Waals surface area contributed by atoms with Crippen LogP contribution in [-0.2, 0) is 0 Å². The minimum Gasteiger partial charge on any atom is -0.265 e. The second kappa shape index (κ2) is 8.73. The highest BCUT2D eigenvalue weighted by Crippen LogP contribution is 2.19. The molecular formula is C29H24N2Si. The lowest BCUT2D eigenvalue weighted by Crippen LogP contribution is -2.66. The lowest BCUT2D eigenvalue weighted by Gasteiger charge is -2.27. The molecule has 5 aromatic rings. The molecule has 2 nitrogen and oxygen atoms in total. The third-order valence-electron chi connectivity index (χ3n) is 6.12. The summed E-state index contributed by atoms with van der Waals surface area (Å²) in [5.41, 5.74) is 4.62. The van der Waals surface area contributed by atoms with Crippen molar-refractivity contribution in [3.8, 4) is 22.3 Å². The second-order valence-electron chi connectivity index (χ2n) is 8.09. The van der Waals surface area contributed by atoms with E-state index < -0.39 is 8.07 Å². The molecule has 0 spiro atoms. The molecule has 0 saturated heterocycles. The Morgan fingerprint density at radius 3 is 1.22 bits per heavy atom. The van der Waals surface area contributed by atoms with Gasteiger partial charge in [0.2, 0.25) is 0 Å². The number of benzene rings is 3. The van der Waals surface area contributed by atoms with Crippen molar-refractivity contribution in [2.75, 3.05) is 0 Å². The fraction of sp³-hybridized carbons (Fsp3) is 0.0345. The molecule has 2 aromatic heterocycles. The summed E-state index contributed by atoms with van der Waals surface area (Å²) in [5, 5.41) is 3.53. The van der Waals surface area contributed by atoms with Gasteiger partial charge in [-0.1, -0.05) is 110 Å². The number of rotatable bonds is 5. The van der Waals surface area contributed by atoms with E-state index in [1.165, 1.54) is 16.3 Å². The summed E-state index contributed by atoms with van der Waals surface area (Å²) in [6, 6.07) is 40.2. The van der Waals surface area contributed by atoms with Gasteiger partial charge in [-0.2, -0.15) is 0 Å². The van der Waals surface area contributed by atoms with Crippen LogP contribution in [0.5, 0.6) is 0 Å². The zero-order chi connectivity index (χ0) is 21.8.